The Morgan fingerprint density at radius 2 is 1.86 bits per heavy atom. The predicted octanol–water partition coefficient (Wildman–Crippen LogP) is 1.59. The van der Waals surface area contributed by atoms with E-state index in [4.69, 9.17) is 0 Å². The molecule has 2 rings (SSSR count). The standard InChI is InChI=1S/C17H30N2O3/c1-10-9-17(3,4)8-7-13(10)18-16(22)14(11(2)20)19-15(21)12-5-6-12/h10-14,20H,5-9H2,1-4H3,(H,18,22)(H,19,21). The van der Waals surface area contributed by atoms with E-state index in [1.807, 2.05) is 0 Å². The van der Waals surface area contributed by atoms with Crippen LogP contribution in [0.15, 0.2) is 0 Å². The van der Waals surface area contributed by atoms with E-state index in [1.165, 1.54) is 0 Å². The van der Waals surface area contributed by atoms with Crippen LogP contribution in [0.5, 0.6) is 0 Å². The lowest BCUT2D eigenvalue weighted by atomic mass is 9.70. The van der Waals surface area contributed by atoms with E-state index in [0.29, 0.717) is 11.3 Å². The zero-order valence-corrected chi connectivity index (χ0v) is 14.2. The van der Waals surface area contributed by atoms with Crippen molar-refractivity contribution in [2.75, 3.05) is 0 Å². The summed E-state index contributed by atoms with van der Waals surface area (Å²) in [5.41, 5.74) is 0.324. The molecule has 0 aliphatic heterocycles. The number of rotatable bonds is 5. The Bertz CT molecular complexity index is 430. The summed E-state index contributed by atoms with van der Waals surface area (Å²) in [5, 5.41) is 15.6. The molecule has 126 valence electrons. The van der Waals surface area contributed by atoms with Gasteiger partial charge in [-0.05, 0) is 50.4 Å². The van der Waals surface area contributed by atoms with Crippen molar-refractivity contribution in [3.63, 3.8) is 0 Å². The van der Waals surface area contributed by atoms with Crippen LogP contribution in [0.2, 0.25) is 0 Å². The van der Waals surface area contributed by atoms with Gasteiger partial charge in [-0.15, -0.1) is 0 Å². The molecule has 4 unspecified atom stereocenters. The first-order valence-electron chi connectivity index (χ1n) is 8.48. The van der Waals surface area contributed by atoms with Crippen LogP contribution in [-0.2, 0) is 9.59 Å². The van der Waals surface area contributed by atoms with Gasteiger partial charge in [-0.2, -0.15) is 0 Å². The third kappa shape index (κ3) is 4.45. The minimum atomic E-state index is -0.891. The van der Waals surface area contributed by atoms with Crippen LogP contribution in [0.3, 0.4) is 0 Å². The summed E-state index contributed by atoms with van der Waals surface area (Å²) in [6.07, 6.45) is 3.98. The summed E-state index contributed by atoms with van der Waals surface area (Å²) in [5.74, 6) is 0.0596. The van der Waals surface area contributed by atoms with Gasteiger partial charge in [0.2, 0.25) is 11.8 Å². The molecule has 3 N–H and O–H groups in total. The van der Waals surface area contributed by atoms with Gasteiger partial charge in [-0.1, -0.05) is 20.8 Å². The first-order chi connectivity index (χ1) is 10.2. The number of aliphatic hydroxyl groups excluding tert-OH is 1. The molecule has 0 heterocycles. The third-order valence-electron chi connectivity index (χ3n) is 5.03. The Balaban J connectivity index is 1.91. The number of hydrogen-bond acceptors (Lipinski definition) is 3. The smallest absolute Gasteiger partial charge is 0.245 e. The van der Waals surface area contributed by atoms with E-state index in [1.54, 1.807) is 6.92 Å². The number of hydrogen-bond donors (Lipinski definition) is 3. The summed E-state index contributed by atoms with van der Waals surface area (Å²) in [4.78, 5) is 24.3. The molecule has 2 aliphatic carbocycles. The number of nitrogens with one attached hydrogen (secondary N) is 2. The zero-order chi connectivity index (χ0) is 16.5. The molecule has 0 aromatic heterocycles. The van der Waals surface area contributed by atoms with E-state index in [2.05, 4.69) is 31.4 Å². The molecule has 0 bridgehead atoms. The van der Waals surface area contributed by atoms with Gasteiger partial charge in [0.15, 0.2) is 0 Å². The third-order valence-corrected chi connectivity index (χ3v) is 5.03. The maximum atomic E-state index is 12.5. The summed E-state index contributed by atoms with van der Waals surface area (Å²) in [6.45, 7) is 8.23. The number of amides is 2. The van der Waals surface area contributed by atoms with E-state index < -0.39 is 12.1 Å². The lowest BCUT2D eigenvalue weighted by Crippen LogP contribution is -2.56. The van der Waals surface area contributed by atoms with Gasteiger partial charge in [0.05, 0.1) is 6.10 Å². The van der Waals surface area contributed by atoms with Crippen LogP contribution < -0.4 is 10.6 Å². The molecular weight excluding hydrogens is 280 g/mol. The van der Waals surface area contributed by atoms with E-state index in [0.717, 1.165) is 32.1 Å². The van der Waals surface area contributed by atoms with Crippen LogP contribution in [0.1, 0.15) is 59.8 Å². The average molecular weight is 310 g/mol. The molecule has 22 heavy (non-hydrogen) atoms. The first-order valence-corrected chi connectivity index (χ1v) is 8.48. The van der Waals surface area contributed by atoms with Crippen molar-refractivity contribution in [3.8, 4) is 0 Å². The predicted molar refractivity (Wildman–Crippen MR) is 85.1 cm³/mol. The fourth-order valence-electron chi connectivity index (χ4n) is 3.46. The van der Waals surface area contributed by atoms with Crippen LogP contribution in [0.4, 0.5) is 0 Å². The highest BCUT2D eigenvalue weighted by Gasteiger charge is 2.37. The largest absolute Gasteiger partial charge is 0.391 e. The molecule has 0 radical (unpaired) electrons. The molecule has 2 saturated carbocycles. The highest BCUT2D eigenvalue weighted by Crippen LogP contribution is 2.38. The summed E-state index contributed by atoms with van der Waals surface area (Å²) >= 11 is 0. The topological polar surface area (TPSA) is 78.4 Å². The van der Waals surface area contributed by atoms with Crippen LogP contribution in [0, 0.1) is 17.3 Å². The van der Waals surface area contributed by atoms with E-state index in [-0.39, 0.29) is 23.8 Å². The van der Waals surface area contributed by atoms with Gasteiger partial charge in [0.1, 0.15) is 6.04 Å². The maximum Gasteiger partial charge on any atom is 0.245 e. The number of carbonyl (C=O) groups is 2. The number of aliphatic hydroxyl groups is 1. The van der Waals surface area contributed by atoms with E-state index in [9.17, 15) is 14.7 Å². The van der Waals surface area contributed by atoms with Gasteiger partial charge in [0.25, 0.3) is 0 Å². The Morgan fingerprint density at radius 1 is 1.23 bits per heavy atom. The second kappa shape index (κ2) is 6.57. The van der Waals surface area contributed by atoms with Crippen molar-refractivity contribution in [2.45, 2.75) is 78.0 Å². The Morgan fingerprint density at radius 3 is 2.36 bits per heavy atom. The van der Waals surface area contributed by atoms with E-state index >= 15 is 0 Å². The highest BCUT2D eigenvalue weighted by molar-refractivity contribution is 5.89. The fourth-order valence-corrected chi connectivity index (χ4v) is 3.46. The van der Waals surface area contributed by atoms with Crippen molar-refractivity contribution in [1.82, 2.24) is 10.6 Å². The molecule has 0 aromatic rings. The van der Waals surface area contributed by atoms with Crippen LogP contribution in [0.25, 0.3) is 0 Å². The molecule has 2 amide bonds. The Kier molecular flexibility index (Phi) is 5.15. The minimum absolute atomic E-state index is 0.0310. The molecule has 2 fully saturated rings. The first kappa shape index (κ1) is 17.3. The fraction of sp³-hybridized carbons (Fsp3) is 0.882. The molecule has 2 aliphatic rings. The van der Waals surface area contributed by atoms with Crippen LogP contribution >= 0.6 is 0 Å². The summed E-state index contributed by atoms with van der Waals surface area (Å²) in [7, 11) is 0. The lowest BCUT2D eigenvalue weighted by Gasteiger charge is -2.40. The number of carbonyl (C=O) groups excluding carboxylic acids is 2. The maximum absolute atomic E-state index is 12.5. The van der Waals surface area contributed by atoms with Crippen molar-refractivity contribution < 1.29 is 14.7 Å². The average Bonchev–Trinajstić information content (AvgIpc) is 3.22. The van der Waals surface area contributed by atoms with Crippen LogP contribution in [-0.4, -0.2) is 35.1 Å². The van der Waals surface area contributed by atoms with Gasteiger partial charge in [-0.25, -0.2) is 0 Å². The second-order valence-corrected chi connectivity index (χ2v) is 8.00. The van der Waals surface area contributed by atoms with Crippen molar-refractivity contribution >= 4 is 11.8 Å². The molecule has 0 saturated heterocycles. The Labute approximate surface area is 133 Å². The summed E-state index contributed by atoms with van der Waals surface area (Å²) in [6, 6.07) is -0.727. The normalized spacial score (nSPS) is 30.2. The van der Waals surface area contributed by atoms with Gasteiger partial charge in [0, 0.05) is 12.0 Å². The van der Waals surface area contributed by atoms with Crippen molar-refractivity contribution in [1.29, 1.82) is 0 Å². The SMILES string of the molecule is CC(O)C(NC(=O)C1CC1)C(=O)NC1CCC(C)(C)CC1C. The quantitative estimate of drug-likeness (QED) is 0.721. The molecule has 0 spiro atoms. The van der Waals surface area contributed by atoms with Gasteiger partial charge >= 0.3 is 0 Å². The Hall–Kier alpha value is -1.10. The van der Waals surface area contributed by atoms with Crippen molar-refractivity contribution in [2.24, 2.45) is 17.3 Å². The molecule has 0 aromatic carbocycles. The summed E-state index contributed by atoms with van der Waals surface area (Å²) < 4.78 is 0. The zero-order valence-electron chi connectivity index (χ0n) is 14.2. The molecular formula is C17H30N2O3. The monoisotopic (exact) mass is 310 g/mol. The molecule has 5 heteroatoms. The van der Waals surface area contributed by atoms with Gasteiger partial charge < -0.3 is 15.7 Å². The second-order valence-electron chi connectivity index (χ2n) is 8.00. The minimum Gasteiger partial charge on any atom is -0.391 e. The van der Waals surface area contributed by atoms with Gasteiger partial charge in [-0.3, -0.25) is 9.59 Å². The molecule has 4 atom stereocenters. The lowest BCUT2D eigenvalue weighted by molar-refractivity contribution is -0.133. The highest BCUT2D eigenvalue weighted by atomic mass is 16.3. The molecule has 5 nitrogen and oxygen atoms in total. The van der Waals surface area contributed by atoms with Crippen molar-refractivity contribution in [3.05, 3.63) is 0 Å².